The summed E-state index contributed by atoms with van der Waals surface area (Å²) in [5.41, 5.74) is 2.52. The number of carboxylic acids is 1. The highest BCUT2D eigenvalue weighted by atomic mass is 35.5. The summed E-state index contributed by atoms with van der Waals surface area (Å²) in [5.74, 6) is -1.03. The van der Waals surface area contributed by atoms with Crippen LogP contribution >= 0.6 is 11.6 Å². The van der Waals surface area contributed by atoms with Crippen molar-refractivity contribution in [3.05, 3.63) is 59.4 Å². The largest absolute Gasteiger partial charge is 0.478 e. The highest BCUT2D eigenvalue weighted by molar-refractivity contribution is 6.33. The molecule has 0 spiro atoms. The van der Waals surface area contributed by atoms with Crippen LogP contribution in [0.1, 0.15) is 5.56 Å². The Morgan fingerprint density at radius 2 is 2.10 bits per heavy atom. The number of nitrogens with zero attached hydrogens (tertiary/aromatic N) is 3. The lowest BCUT2D eigenvalue weighted by Gasteiger charge is -2.01. The number of halogens is 1. The lowest BCUT2D eigenvalue weighted by Crippen LogP contribution is -1.88. The number of hydrogen-bond acceptors (Lipinski definition) is 3. The molecule has 104 valence electrons. The molecule has 3 rings (SSSR count). The fraction of sp³-hybridized carbons (Fsp3) is 0. The monoisotopic (exact) mass is 299 g/mol. The van der Waals surface area contributed by atoms with Crippen molar-refractivity contribution in [3.63, 3.8) is 0 Å². The first kappa shape index (κ1) is 13.3. The average molecular weight is 300 g/mol. The van der Waals surface area contributed by atoms with Crippen LogP contribution in [0.2, 0.25) is 5.02 Å². The zero-order valence-corrected chi connectivity index (χ0v) is 11.5. The van der Waals surface area contributed by atoms with Gasteiger partial charge in [0.2, 0.25) is 0 Å². The molecule has 0 atom stereocenters. The normalized spacial score (nSPS) is 11.3. The molecular weight excluding hydrogens is 290 g/mol. The maximum absolute atomic E-state index is 10.8. The van der Waals surface area contributed by atoms with Crippen molar-refractivity contribution in [2.45, 2.75) is 0 Å². The SMILES string of the molecule is O=C(O)/C=C/c1c(-c2ccccc2Cl)nn2cccnc12. The lowest BCUT2D eigenvalue weighted by molar-refractivity contribution is -0.131. The molecular formula is C15H10ClN3O2. The van der Waals surface area contributed by atoms with Crippen molar-refractivity contribution in [2.75, 3.05) is 0 Å². The third-order valence-electron chi connectivity index (χ3n) is 2.95. The zero-order valence-electron chi connectivity index (χ0n) is 10.8. The second kappa shape index (κ2) is 5.38. The standard InChI is InChI=1S/C15H10ClN3O2/c16-12-5-2-1-4-10(12)14-11(6-7-13(20)21)15-17-8-3-9-19(15)18-14/h1-9H,(H,20,21)/b7-6+. The molecule has 21 heavy (non-hydrogen) atoms. The van der Waals surface area contributed by atoms with E-state index in [4.69, 9.17) is 16.7 Å². The number of aromatic nitrogens is 3. The Kier molecular flexibility index (Phi) is 3.41. The Balaban J connectivity index is 2.29. The molecule has 0 bridgehead atoms. The number of rotatable bonds is 3. The minimum atomic E-state index is -1.03. The first-order chi connectivity index (χ1) is 10.2. The van der Waals surface area contributed by atoms with Crippen molar-refractivity contribution in [1.29, 1.82) is 0 Å². The predicted octanol–water partition coefficient (Wildman–Crippen LogP) is 3.15. The summed E-state index contributed by atoms with van der Waals surface area (Å²) in [5, 5.41) is 13.8. The summed E-state index contributed by atoms with van der Waals surface area (Å²) >= 11 is 6.21. The number of carboxylic acid groups (broad SMARTS) is 1. The molecule has 0 fully saturated rings. The smallest absolute Gasteiger partial charge is 0.328 e. The molecule has 1 N–H and O–H groups in total. The van der Waals surface area contributed by atoms with Gasteiger partial charge in [-0.25, -0.2) is 14.3 Å². The lowest BCUT2D eigenvalue weighted by atomic mass is 10.1. The van der Waals surface area contributed by atoms with E-state index >= 15 is 0 Å². The third kappa shape index (κ3) is 2.51. The fourth-order valence-corrected chi connectivity index (χ4v) is 2.29. The molecule has 0 unspecified atom stereocenters. The molecule has 0 aliphatic heterocycles. The van der Waals surface area contributed by atoms with Crippen LogP contribution in [0.15, 0.2) is 48.8 Å². The van der Waals surface area contributed by atoms with Gasteiger partial charge in [-0.15, -0.1) is 0 Å². The topological polar surface area (TPSA) is 67.5 Å². The van der Waals surface area contributed by atoms with E-state index in [1.54, 1.807) is 29.0 Å². The number of hydrogen-bond donors (Lipinski definition) is 1. The summed E-state index contributed by atoms with van der Waals surface area (Å²) in [6.45, 7) is 0. The second-order valence-electron chi connectivity index (χ2n) is 4.30. The Labute approximate surface area is 125 Å². The van der Waals surface area contributed by atoms with Crippen LogP contribution in [0, 0.1) is 0 Å². The van der Waals surface area contributed by atoms with E-state index in [0.717, 1.165) is 11.6 Å². The summed E-state index contributed by atoms with van der Waals surface area (Å²) in [7, 11) is 0. The zero-order chi connectivity index (χ0) is 14.8. The van der Waals surface area contributed by atoms with E-state index < -0.39 is 5.97 Å². The maximum atomic E-state index is 10.8. The predicted molar refractivity (Wildman–Crippen MR) is 80.1 cm³/mol. The minimum Gasteiger partial charge on any atom is -0.478 e. The second-order valence-corrected chi connectivity index (χ2v) is 4.71. The van der Waals surface area contributed by atoms with Crippen LogP contribution in [-0.4, -0.2) is 25.7 Å². The van der Waals surface area contributed by atoms with Gasteiger partial charge >= 0.3 is 5.97 Å². The van der Waals surface area contributed by atoms with Gasteiger partial charge in [0.05, 0.1) is 5.02 Å². The third-order valence-corrected chi connectivity index (χ3v) is 3.28. The maximum Gasteiger partial charge on any atom is 0.328 e. The Bertz CT molecular complexity index is 855. The van der Waals surface area contributed by atoms with Crippen molar-refractivity contribution in [1.82, 2.24) is 14.6 Å². The molecule has 5 nitrogen and oxygen atoms in total. The van der Waals surface area contributed by atoms with Gasteiger partial charge in [0.1, 0.15) is 5.69 Å². The van der Waals surface area contributed by atoms with Crippen LogP contribution in [-0.2, 0) is 4.79 Å². The van der Waals surface area contributed by atoms with Crippen molar-refractivity contribution in [2.24, 2.45) is 0 Å². The van der Waals surface area contributed by atoms with Crippen LogP contribution in [0.4, 0.5) is 0 Å². The molecule has 0 saturated carbocycles. The van der Waals surface area contributed by atoms with Gasteiger partial charge in [-0.2, -0.15) is 5.10 Å². The first-order valence-corrected chi connectivity index (χ1v) is 6.54. The molecule has 0 radical (unpaired) electrons. The first-order valence-electron chi connectivity index (χ1n) is 6.16. The van der Waals surface area contributed by atoms with E-state index in [0.29, 0.717) is 21.9 Å². The van der Waals surface area contributed by atoms with E-state index in [1.807, 2.05) is 18.2 Å². The highest BCUT2D eigenvalue weighted by Crippen LogP contribution is 2.31. The van der Waals surface area contributed by atoms with Gasteiger partial charge in [0.25, 0.3) is 0 Å². The Morgan fingerprint density at radius 1 is 1.29 bits per heavy atom. The number of fused-ring (bicyclic) bond motifs is 1. The van der Waals surface area contributed by atoms with Crippen molar-refractivity contribution >= 4 is 29.3 Å². The molecule has 3 aromatic rings. The van der Waals surface area contributed by atoms with Gasteiger partial charge in [0.15, 0.2) is 5.65 Å². The molecule has 0 saturated heterocycles. The number of aliphatic carboxylic acids is 1. The van der Waals surface area contributed by atoms with E-state index in [1.165, 1.54) is 6.08 Å². The van der Waals surface area contributed by atoms with E-state index in [2.05, 4.69) is 10.1 Å². The quantitative estimate of drug-likeness (QED) is 0.754. The van der Waals surface area contributed by atoms with Crippen LogP contribution < -0.4 is 0 Å². The molecule has 2 aromatic heterocycles. The summed E-state index contributed by atoms with van der Waals surface area (Å²) in [6, 6.07) is 9.03. The van der Waals surface area contributed by atoms with Gasteiger partial charge in [-0.1, -0.05) is 29.8 Å². The molecule has 0 aliphatic rings. The Morgan fingerprint density at radius 3 is 2.86 bits per heavy atom. The fourth-order valence-electron chi connectivity index (χ4n) is 2.06. The van der Waals surface area contributed by atoms with Crippen LogP contribution in [0.3, 0.4) is 0 Å². The van der Waals surface area contributed by atoms with Crippen LogP contribution in [0.5, 0.6) is 0 Å². The van der Waals surface area contributed by atoms with Gasteiger partial charge in [0, 0.05) is 29.6 Å². The summed E-state index contributed by atoms with van der Waals surface area (Å²) < 4.78 is 1.60. The summed E-state index contributed by atoms with van der Waals surface area (Å²) in [4.78, 5) is 15.0. The Hall–Kier alpha value is -2.66. The van der Waals surface area contributed by atoms with Gasteiger partial charge in [-0.05, 0) is 18.2 Å². The van der Waals surface area contributed by atoms with Gasteiger partial charge in [-0.3, -0.25) is 0 Å². The number of carbonyl (C=O) groups is 1. The van der Waals surface area contributed by atoms with Crippen molar-refractivity contribution < 1.29 is 9.90 Å². The molecule has 6 heteroatoms. The molecule has 1 aromatic carbocycles. The summed E-state index contributed by atoms with van der Waals surface area (Å²) in [6.07, 6.45) is 5.93. The average Bonchev–Trinajstić information content (AvgIpc) is 2.84. The minimum absolute atomic E-state index is 0.547. The highest BCUT2D eigenvalue weighted by Gasteiger charge is 2.15. The molecule has 0 aliphatic carbocycles. The van der Waals surface area contributed by atoms with E-state index in [-0.39, 0.29) is 0 Å². The van der Waals surface area contributed by atoms with E-state index in [9.17, 15) is 4.79 Å². The number of benzene rings is 1. The molecule has 0 amide bonds. The molecule has 2 heterocycles. The van der Waals surface area contributed by atoms with Crippen molar-refractivity contribution in [3.8, 4) is 11.3 Å². The van der Waals surface area contributed by atoms with Gasteiger partial charge < -0.3 is 5.11 Å². The van der Waals surface area contributed by atoms with Crippen LogP contribution in [0.25, 0.3) is 23.0 Å².